The van der Waals surface area contributed by atoms with Gasteiger partial charge in [0.25, 0.3) is 5.91 Å². The monoisotopic (exact) mass is 239 g/mol. The van der Waals surface area contributed by atoms with Gasteiger partial charge in [-0.05, 0) is 30.4 Å². The van der Waals surface area contributed by atoms with E-state index in [4.69, 9.17) is 11.6 Å². The molecule has 0 radical (unpaired) electrons. The van der Waals surface area contributed by atoms with Gasteiger partial charge in [-0.15, -0.1) is 10.2 Å². The summed E-state index contributed by atoms with van der Waals surface area (Å²) >= 11 is 5.61. The van der Waals surface area contributed by atoms with Crippen LogP contribution in [0.25, 0.3) is 0 Å². The van der Waals surface area contributed by atoms with E-state index in [9.17, 15) is 4.79 Å². The molecule has 0 bridgehead atoms. The molecule has 2 atom stereocenters. The summed E-state index contributed by atoms with van der Waals surface area (Å²) in [5, 5.41) is 7.73. The molecule has 1 amide bonds. The maximum absolute atomic E-state index is 11.9. The average Bonchev–Trinajstić information content (AvgIpc) is 2.94. The van der Waals surface area contributed by atoms with Crippen LogP contribution in [0.1, 0.15) is 23.8 Å². The zero-order valence-corrected chi connectivity index (χ0v) is 10.1. The van der Waals surface area contributed by atoms with Crippen LogP contribution >= 0.6 is 11.6 Å². The number of carbonyl (C=O) groups excluding carboxylic acids is 1. The molecule has 1 fully saturated rings. The fourth-order valence-electron chi connectivity index (χ4n) is 1.71. The normalized spacial score (nSPS) is 22.9. The highest BCUT2D eigenvalue weighted by atomic mass is 35.5. The van der Waals surface area contributed by atoms with Crippen LogP contribution in [0.4, 0.5) is 0 Å². The molecule has 1 saturated carbocycles. The van der Waals surface area contributed by atoms with Crippen LogP contribution in [-0.2, 0) is 0 Å². The molecular weight excluding hydrogens is 226 g/mol. The van der Waals surface area contributed by atoms with Gasteiger partial charge in [-0.2, -0.15) is 0 Å². The lowest BCUT2D eigenvalue weighted by Crippen LogP contribution is -2.29. The fraction of sp³-hybridized carbons (Fsp3) is 0.545. The third kappa shape index (κ3) is 2.50. The average molecular weight is 240 g/mol. The quantitative estimate of drug-likeness (QED) is 0.809. The summed E-state index contributed by atoms with van der Waals surface area (Å²) in [4.78, 5) is 13.6. The fourth-order valence-corrected chi connectivity index (χ4v) is 1.81. The minimum atomic E-state index is -0.0942. The predicted molar refractivity (Wildman–Crippen MR) is 61.3 cm³/mol. The van der Waals surface area contributed by atoms with Gasteiger partial charge in [0.15, 0.2) is 10.8 Å². The summed E-state index contributed by atoms with van der Waals surface area (Å²) in [6.07, 6.45) is 1.21. The molecule has 1 aromatic rings. The first-order chi connectivity index (χ1) is 7.58. The number of aromatic nitrogens is 2. The SMILES string of the molecule is CC1CC1CN(C)C(=O)c1ccc(Cl)nn1. The maximum Gasteiger partial charge on any atom is 0.274 e. The largest absolute Gasteiger partial charge is 0.340 e. The van der Waals surface area contributed by atoms with Gasteiger partial charge in [-0.1, -0.05) is 18.5 Å². The Morgan fingerprint density at radius 3 is 2.75 bits per heavy atom. The van der Waals surface area contributed by atoms with Gasteiger partial charge in [0.2, 0.25) is 0 Å². The van der Waals surface area contributed by atoms with Gasteiger partial charge in [0, 0.05) is 13.6 Å². The van der Waals surface area contributed by atoms with Crippen LogP contribution in [0.3, 0.4) is 0 Å². The molecule has 0 aliphatic heterocycles. The van der Waals surface area contributed by atoms with Crippen LogP contribution in [0, 0.1) is 11.8 Å². The van der Waals surface area contributed by atoms with Gasteiger partial charge >= 0.3 is 0 Å². The molecule has 1 heterocycles. The first-order valence-electron chi connectivity index (χ1n) is 5.32. The Bertz CT molecular complexity index is 393. The summed E-state index contributed by atoms with van der Waals surface area (Å²) < 4.78 is 0. The lowest BCUT2D eigenvalue weighted by molar-refractivity contribution is 0.0780. The van der Waals surface area contributed by atoms with E-state index in [1.807, 2.05) is 0 Å². The molecule has 1 aliphatic carbocycles. The molecule has 86 valence electrons. The number of carbonyl (C=O) groups is 1. The van der Waals surface area contributed by atoms with Crippen molar-refractivity contribution in [2.45, 2.75) is 13.3 Å². The first kappa shape index (κ1) is 11.3. The van der Waals surface area contributed by atoms with E-state index < -0.39 is 0 Å². The second kappa shape index (κ2) is 4.37. The highest BCUT2D eigenvalue weighted by Crippen LogP contribution is 2.38. The van der Waals surface area contributed by atoms with Crippen molar-refractivity contribution in [2.24, 2.45) is 11.8 Å². The summed E-state index contributed by atoms with van der Waals surface area (Å²) in [5.41, 5.74) is 0.347. The number of halogens is 1. The minimum Gasteiger partial charge on any atom is -0.340 e. The van der Waals surface area contributed by atoms with Crippen LogP contribution in [0.15, 0.2) is 12.1 Å². The summed E-state index contributed by atoms with van der Waals surface area (Å²) in [6, 6.07) is 3.18. The third-order valence-corrected chi connectivity index (χ3v) is 3.18. The Morgan fingerprint density at radius 2 is 2.25 bits per heavy atom. The molecule has 0 saturated heterocycles. The van der Waals surface area contributed by atoms with Crippen LogP contribution < -0.4 is 0 Å². The lowest BCUT2D eigenvalue weighted by atomic mass is 10.3. The highest BCUT2D eigenvalue weighted by molar-refractivity contribution is 6.29. The molecule has 0 spiro atoms. The predicted octanol–water partition coefficient (Wildman–Crippen LogP) is 1.86. The summed E-state index contributed by atoms with van der Waals surface area (Å²) in [6.45, 7) is 3.00. The molecular formula is C11H14ClN3O. The smallest absolute Gasteiger partial charge is 0.274 e. The van der Waals surface area contributed by atoms with Crippen molar-refractivity contribution in [1.82, 2.24) is 15.1 Å². The summed E-state index contributed by atoms with van der Waals surface area (Å²) in [5.74, 6) is 1.30. The maximum atomic E-state index is 11.9. The highest BCUT2D eigenvalue weighted by Gasteiger charge is 2.34. The Hall–Kier alpha value is -1.16. The number of amides is 1. The van der Waals surface area contributed by atoms with Crippen molar-refractivity contribution in [1.29, 1.82) is 0 Å². The van der Waals surface area contributed by atoms with E-state index >= 15 is 0 Å². The van der Waals surface area contributed by atoms with Crippen molar-refractivity contribution in [2.75, 3.05) is 13.6 Å². The van der Waals surface area contributed by atoms with Gasteiger partial charge in [-0.3, -0.25) is 4.79 Å². The number of hydrogen-bond donors (Lipinski definition) is 0. The van der Waals surface area contributed by atoms with E-state index in [1.54, 1.807) is 24.1 Å². The van der Waals surface area contributed by atoms with Crippen molar-refractivity contribution in [3.05, 3.63) is 23.0 Å². The molecule has 1 aromatic heterocycles. The van der Waals surface area contributed by atoms with Gasteiger partial charge < -0.3 is 4.90 Å². The van der Waals surface area contributed by atoms with Gasteiger partial charge in [0.1, 0.15) is 0 Å². The Kier molecular flexibility index (Phi) is 3.10. The van der Waals surface area contributed by atoms with Crippen molar-refractivity contribution in [3.8, 4) is 0 Å². The van der Waals surface area contributed by atoms with Crippen LogP contribution in [0.2, 0.25) is 5.15 Å². The van der Waals surface area contributed by atoms with E-state index in [0.717, 1.165) is 12.5 Å². The number of rotatable bonds is 3. The second-order valence-corrected chi connectivity index (χ2v) is 4.79. The molecule has 2 unspecified atom stereocenters. The molecule has 1 aliphatic rings. The standard InChI is InChI=1S/C11H14ClN3O/c1-7-5-8(7)6-15(2)11(16)9-3-4-10(12)14-13-9/h3-4,7-8H,5-6H2,1-2H3. The first-order valence-corrected chi connectivity index (χ1v) is 5.70. The van der Waals surface area contributed by atoms with E-state index in [-0.39, 0.29) is 5.91 Å². The third-order valence-electron chi connectivity index (χ3n) is 2.98. The number of nitrogens with zero attached hydrogens (tertiary/aromatic N) is 3. The lowest BCUT2D eigenvalue weighted by Gasteiger charge is -2.15. The number of hydrogen-bond acceptors (Lipinski definition) is 3. The molecule has 5 heteroatoms. The van der Waals surface area contributed by atoms with E-state index in [2.05, 4.69) is 17.1 Å². The zero-order chi connectivity index (χ0) is 11.7. The second-order valence-electron chi connectivity index (χ2n) is 4.40. The van der Waals surface area contributed by atoms with E-state index in [0.29, 0.717) is 16.8 Å². The Morgan fingerprint density at radius 1 is 1.56 bits per heavy atom. The van der Waals surface area contributed by atoms with Crippen LogP contribution in [0.5, 0.6) is 0 Å². The molecule has 4 nitrogen and oxygen atoms in total. The Balaban J connectivity index is 1.98. The molecule has 0 aromatic carbocycles. The zero-order valence-electron chi connectivity index (χ0n) is 9.35. The van der Waals surface area contributed by atoms with Crippen molar-refractivity contribution in [3.63, 3.8) is 0 Å². The van der Waals surface area contributed by atoms with Gasteiger partial charge in [0.05, 0.1) is 0 Å². The summed E-state index contributed by atoms with van der Waals surface area (Å²) in [7, 11) is 1.80. The van der Waals surface area contributed by atoms with E-state index in [1.165, 1.54) is 6.42 Å². The topological polar surface area (TPSA) is 46.1 Å². The molecule has 0 N–H and O–H groups in total. The van der Waals surface area contributed by atoms with Gasteiger partial charge in [-0.25, -0.2) is 0 Å². The van der Waals surface area contributed by atoms with Crippen molar-refractivity contribution < 1.29 is 4.79 Å². The van der Waals surface area contributed by atoms with Crippen molar-refractivity contribution >= 4 is 17.5 Å². The molecule has 2 rings (SSSR count). The Labute approximate surface area is 99.6 Å². The van der Waals surface area contributed by atoms with Crippen LogP contribution in [-0.4, -0.2) is 34.6 Å². The minimum absolute atomic E-state index is 0.0942. The molecule has 16 heavy (non-hydrogen) atoms.